The van der Waals surface area contributed by atoms with Crippen molar-refractivity contribution in [3.8, 4) is 23.0 Å². The third-order valence-electron chi connectivity index (χ3n) is 6.61. The van der Waals surface area contributed by atoms with Gasteiger partial charge in [-0.25, -0.2) is 0 Å². The Balaban J connectivity index is 1.51. The minimum atomic E-state index is -0.570. The third kappa shape index (κ3) is 6.42. The lowest BCUT2D eigenvalue weighted by Crippen LogP contribution is -2.38. The van der Waals surface area contributed by atoms with Crippen LogP contribution in [0.3, 0.4) is 0 Å². The third-order valence-corrected chi connectivity index (χ3v) is 6.61. The highest BCUT2D eigenvalue weighted by atomic mass is 16.5. The number of β-amino-alcohol motifs (C(OH)–C–C–N with tert-alkyl or cyclic N) is 1. The largest absolute Gasteiger partial charge is 0.493 e. The lowest BCUT2D eigenvalue weighted by Gasteiger charge is -2.28. The number of aliphatic hydroxyl groups excluding tert-OH is 1. The molecule has 37 heavy (non-hydrogen) atoms. The predicted molar refractivity (Wildman–Crippen MR) is 145 cm³/mol. The summed E-state index contributed by atoms with van der Waals surface area (Å²) < 4.78 is 22.2. The molecular formula is C30H35NO6. The van der Waals surface area contributed by atoms with Crippen molar-refractivity contribution >= 4 is 22.6 Å². The molecule has 0 saturated carbocycles. The number of benzene rings is 3. The van der Waals surface area contributed by atoms with Gasteiger partial charge in [0, 0.05) is 17.5 Å². The topological polar surface area (TPSA) is 77.5 Å². The molecule has 0 aliphatic carbocycles. The number of rotatable bonds is 11. The van der Waals surface area contributed by atoms with Crippen molar-refractivity contribution in [2.45, 2.75) is 25.4 Å². The SMILES string of the molecule is COc1cc(/C=C/C(=O)c2ccc(OCC(O)CN3CCCCC3)c3ccccc23)cc(OC)c1OC. The Morgan fingerprint density at radius 3 is 2.24 bits per heavy atom. The molecule has 7 heteroatoms. The molecular weight excluding hydrogens is 470 g/mol. The van der Waals surface area contributed by atoms with Crippen LogP contribution in [0.2, 0.25) is 0 Å². The molecule has 1 aliphatic rings. The number of likely N-dealkylation sites (tertiary alicyclic amines) is 1. The number of ketones is 1. The first kappa shape index (κ1) is 26.5. The monoisotopic (exact) mass is 505 g/mol. The normalized spacial score (nSPS) is 15.0. The van der Waals surface area contributed by atoms with Gasteiger partial charge >= 0.3 is 0 Å². The van der Waals surface area contributed by atoms with E-state index in [1.54, 1.807) is 51.7 Å². The molecule has 1 aliphatic heterocycles. The summed E-state index contributed by atoms with van der Waals surface area (Å²) in [5.41, 5.74) is 1.32. The van der Waals surface area contributed by atoms with Gasteiger partial charge in [-0.3, -0.25) is 4.79 Å². The fraction of sp³-hybridized carbons (Fsp3) is 0.367. The second-order valence-corrected chi connectivity index (χ2v) is 9.14. The highest BCUT2D eigenvalue weighted by Gasteiger charge is 2.17. The number of allylic oxidation sites excluding steroid dienone is 1. The summed E-state index contributed by atoms with van der Waals surface area (Å²) in [6, 6.07) is 14.8. The Kier molecular flexibility index (Phi) is 9.04. The lowest BCUT2D eigenvalue weighted by atomic mass is 10.00. The van der Waals surface area contributed by atoms with Crippen LogP contribution in [0.1, 0.15) is 35.2 Å². The number of nitrogens with zero attached hydrogens (tertiary/aromatic N) is 1. The zero-order valence-electron chi connectivity index (χ0n) is 21.7. The Morgan fingerprint density at radius 2 is 1.59 bits per heavy atom. The lowest BCUT2D eigenvalue weighted by molar-refractivity contribution is 0.0622. The van der Waals surface area contributed by atoms with E-state index >= 15 is 0 Å². The molecule has 0 radical (unpaired) electrons. The second kappa shape index (κ2) is 12.6. The summed E-state index contributed by atoms with van der Waals surface area (Å²) in [6.07, 6.45) is 6.31. The van der Waals surface area contributed by atoms with Gasteiger partial charge in [0.2, 0.25) is 5.75 Å². The Bertz CT molecular complexity index is 1220. The zero-order chi connectivity index (χ0) is 26.2. The maximum atomic E-state index is 13.2. The Hall–Kier alpha value is -3.55. The molecule has 0 bridgehead atoms. The van der Waals surface area contributed by atoms with E-state index in [4.69, 9.17) is 18.9 Å². The fourth-order valence-electron chi connectivity index (χ4n) is 4.75. The molecule has 4 rings (SSSR count). The molecule has 0 amide bonds. The van der Waals surface area contributed by atoms with Gasteiger partial charge in [0.15, 0.2) is 17.3 Å². The molecule has 3 aromatic rings. The minimum Gasteiger partial charge on any atom is -0.493 e. The molecule has 1 atom stereocenters. The van der Waals surface area contributed by atoms with Crippen molar-refractivity contribution in [2.75, 3.05) is 47.6 Å². The summed E-state index contributed by atoms with van der Waals surface area (Å²) in [6.45, 7) is 2.87. The molecule has 0 spiro atoms. The number of hydrogen-bond donors (Lipinski definition) is 1. The van der Waals surface area contributed by atoms with Crippen molar-refractivity contribution in [1.29, 1.82) is 0 Å². The maximum absolute atomic E-state index is 13.2. The second-order valence-electron chi connectivity index (χ2n) is 9.14. The van der Waals surface area contributed by atoms with Crippen LogP contribution in [0.15, 0.2) is 54.6 Å². The number of ether oxygens (including phenoxy) is 4. The van der Waals surface area contributed by atoms with E-state index in [2.05, 4.69) is 4.90 Å². The summed E-state index contributed by atoms with van der Waals surface area (Å²) >= 11 is 0. The van der Waals surface area contributed by atoms with E-state index < -0.39 is 6.10 Å². The zero-order valence-corrected chi connectivity index (χ0v) is 21.7. The number of carbonyl (C=O) groups is 1. The van der Waals surface area contributed by atoms with Gasteiger partial charge in [-0.2, -0.15) is 0 Å². The number of carbonyl (C=O) groups excluding carboxylic acids is 1. The van der Waals surface area contributed by atoms with Crippen molar-refractivity contribution in [1.82, 2.24) is 4.90 Å². The molecule has 0 aromatic heterocycles. The minimum absolute atomic E-state index is 0.137. The van der Waals surface area contributed by atoms with E-state index in [-0.39, 0.29) is 12.4 Å². The van der Waals surface area contributed by atoms with Crippen LogP contribution in [0, 0.1) is 0 Å². The molecule has 196 valence electrons. The first-order valence-electron chi connectivity index (χ1n) is 12.6. The van der Waals surface area contributed by atoms with Gasteiger partial charge in [0.05, 0.1) is 21.3 Å². The summed E-state index contributed by atoms with van der Waals surface area (Å²) in [5, 5.41) is 12.1. The smallest absolute Gasteiger partial charge is 0.203 e. The van der Waals surface area contributed by atoms with Gasteiger partial charge in [0.25, 0.3) is 0 Å². The van der Waals surface area contributed by atoms with Crippen LogP contribution in [0.5, 0.6) is 23.0 Å². The Labute approximate surface area is 218 Å². The molecule has 1 saturated heterocycles. The van der Waals surface area contributed by atoms with E-state index in [1.165, 1.54) is 25.3 Å². The summed E-state index contributed by atoms with van der Waals surface area (Å²) in [4.78, 5) is 15.5. The number of methoxy groups -OCH3 is 3. The van der Waals surface area contributed by atoms with Crippen molar-refractivity contribution in [3.05, 3.63) is 65.7 Å². The average molecular weight is 506 g/mol. The first-order valence-corrected chi connectivity index (χ1v) is 12.6. The van der Waals surface area contributed by atoms with E-state index in [1.807, 2.05) is 24.3 Å². The molecule has 1 fully saturated rings. The van der Waals surface area contributed by atoms with Gasteiger partial charge in [-0.1, -0.05) is 36.8 Å². The van der Waals surface area contributed by atoms with Crippen LogP contribution in [0.4, 0.5) is 0 Å². The molecule has 1 unspecified atom stereocenters. The quantitative estimate of drug-likeness (QED) is 0.291. The van der Waals surface area contributed by atoms with Crippen LogP contribution in [-0.4, -0.2) is 69.5 Å². The number of piperidine rings is 1. The van der Waals surface area contributed by atoms with Crippen LogP contribution in [-0.2, 0) is 0 Å². The molecule has 1 N–H and O–H groups in total. The number of fused-ring (bicyclic) bond motifs is 1. The number of hydrogen-bond acceptors (Lipinski definition) is 7. The van der Waals surface area contributed by atoms with Crippen molar-refractivity contribution in [3.63, 3.8) is 0 Å². The van der Waals surface area contributed by atoms with Gasteiger partial charge in [-0.05, 0) is 67.2 Å². The summed E-state index contributed by atoms with van der Waals surface area (Å²) in [7, 11) is 4.66. The highest BCUT2D eigenvalue weighted by Crippen LogP contribution is 2.38. The van der Waals surface area contributed by atoms with Crippen LogP contribution < -0.4 is 18.9 Å². The van der Waals surface area contributed by atoms with Crippen LogP contribution >= 0.6 is 0 Å². The molecule has 3 aromatic carbocycles. The standard InChI is InChI=1S/C30H35NO6/c1-34-28-17-21(18-29(35-2)30(28)36-3)11-13-26(33)24-12-14-27(25-10-6-5-9-23(24)25)37-20-22(32)19-31-15-7-4-8-16-31/h5-6,9-14,17-18,22,32H,4,7-8,15-16,19-20H2,1-3H3/b13-11+. The Morgan fingerprint density at radius 1 is 0.919 bits per heavy atom. The predicted octanol–water partition coefficient (Wildman–Crippen LogP) is 4.99. The molecule has 1 heterocycles. The van der Waals surface area contributed by atoms with Gasteiger partial charge < -0.3 is 29.0 Å². The summed E-state index contributed by atoms with van der Waals surface area (Å²) in [5.74, 6) is 2.04. The van der Waals surface area contributed by atoms with Crippen molar-refractivity contribution in [2.24, 2.45) is 0 Å². The first-order chi connectivity index (χ1) is 18.0. The van der Waals surface area contributed by atoms with Crippen LogP contribution in [0.25, 0.3) is 16.8 Å². The fourth-order valence-corrected chi connectivity index (χ4v) is 4.75. The highest BCUT2D eigenvalue weighted by molar-refractivity contribution is 6.15. The molecule has 7 nitrogen and oxygen atoms in total. The van der Waals surface area contributed by atoms with E-state index in [9.17, 15) is 9.90 Å². The average Bonchev–Trinajstić information content (AvgIpc) is 2.94. The number of aliphatic hydroxyl groups is 1. The van der Waals surface area contributed by atoms with E-state index in [0.717, 1.165) is 29.4 Å². The van der Waals surface area contributed by atoms with Gasteiger partial charge in [0.1, 0.15) is 18.5 Å². The van der Waals surface area contributed by atoms with Crippen molar-refractivity contribution < 1.29 is 28.8 Å². The van der Waals surface area contributed by atoms with E-state index in [0.29, 0.717) is 35.1 Å². The maximum Gasteiger partial charge on any atom is 0.203 e. The van der Waals surface area contributed by atoms with Gasteiger partial charge in [-0.15, -0.1) is 0 Å².